The van der Waals surface area contributed by atoms with Crippen LogP contribution in [0.2, 0.25) is 0 Å². The molecule has 1 aromatic carbocycles. The first-order valence-corrected chi connectivity index (χ1v) is 6.97. The van der Waals surface area contributed by atoms with Crippen molar-refractivity contribution in [2.75, 3.05) is 6.61 Å². The van der Waals surface area contributed by atoms with E-state index in [0.717, 1.165) is 17.5 Å². The number of hydrogen-bond acceptors (Lipinski definition) is 5. The fraction of sp³-hybridized carbons (Fsp3) is 0.308. The van der Waals surface area contributed by atoms with Crippen LogP contribution in [0.3, 0.4) is 0 Å². The minimum Gasteiger partial charge on any atom is -0.494 e. The van der Waals surface area contributed by atoms with E-state index in [1.54, 1.807) is 24.3 Å². The molecule has 2 N–H and O–H groups in total. The maximum Gasteiger partial charge on any atom is 0.305 e. The highest BCUT2D eigenvalue weighted by Gasteiger charge is 2.31. The Bertz CT molecular complexity index is 542. The van der Waals surface area contributed by atoms with Gasteiger partial charge in [0.15, 0.2) is 5.17 Å². The summed E-state index contributed by atoms with van der Waals surface area (Å²) in [6.45, 7) is 2.50. The molecule has 0 spiro atoms. The van der Waals surface area contributed by atoms with E-state index in [9.17, 15) is 9.59 Å². The van der Waals surface area contributed by atoms with E-state index >= 15 is 0 Å². The molecule has 0 unspecified atom stereocenters. The number of rotatable bonds is 5. The first kappa shape index (κ1) is 14.4. The standard InChI is InChI=1S/C13H14N2O4S/c1-2-19-9-5-3-8(4-6-9)14-13-15-12(18)10(20-13)7-11(16)17/h3-6,10H,2,7H2,1H3,(H,16,17)(H,14,15,18)/t10-/m1/s1. The highest BCUT2D eigenvalue weighted by molar-refractivity contribution is 8.15. The van der Waals surface area contributed by atoms with Crippen molar-refractivity contribution >= 4 is 34.5 Å². The average molecular weight is 294 g/mol. The van der Waals surface area contributed by atoms with Gasteiger partial charge in [-0.3, -0.25) is 9.59 Å². The number of aliphatic imine (C=N–C) groups is 1. The predicted octanol–water partition coefficient (Wildman–Crippen LogP) is 1.78. The molecule has 0 radical (unpaired) electrons. The molecule has 6 nitrogen and oxygen atoms in total. The number of aliphatic carboxylic acids is 1. The second-order valence-electron chi connectivity index (χ2n) is 4.04. The monoisotopic (exact) mass is 294 g/mol. The number of benzene rings is 1. The summed E-state index contributed by atoms with van der Waals surface area (Å²) in [5.41, 5.74) is 0.673. The molecule has 0 aliphatic carbocycles. The maximum absolute atomic E-state index is 11.6. The summed E-state index contributed by atoms with van der Waals surface area (Å²) in [7, 11) is 0. The summed E-state index contributed by atoms with van der Waals surface area (Å²) in [6, 6.07) is 7.13. The largest absolute Gasteiger partial charge is 0.494 e. The lowest BCUT2D eigenvalue weighted by atomic mass is 10.3. The minimum absolute atomic E-state index is 0.210. The van der Waals surface area contributed by atoms with Gasteiger partial charge in [0.2, 0.25) is 5.91 Å². The van der Waals surface area contributed by atoms with Gasteiger partial charge in [-0.05, 0) is 31.2 Å². The fourth-order valence-corrected chi connectivity index (χ4v) is 2.63. The van der Waals surface area contributed by atoms with E-state index in [4.69, 9.17) is 9.84 Å². The Kier molecular flexibility index (Phi) is 4.62. The van der Waals surface area contributed by atoms with Crippen LogP contribution in [0.25, 0.3) is 0 Å². The molecule has 2 rings (SSSR count). The second-order valence-corrected chi connectivity index (χ2v) is 5.23. The molecule has 1 aliphatic heterocycles. The maximum atomic E-state index is 11.6. The summed E-state index contributed by atoms with van der Waals surface area (Å²) in [5.74, 6) is -0.564. The third-order valence-corrected chi connectivity index (χ3v) is 3.60. The van der Waals surface area contributed by atoms with E-state index in [0.29, 0.717) is 17.5 Å². The quantitative estimate of drug-likeness (QED) is 0.864. The highest BCUT2D eigenvalue weighted by Crippen LogP contribution is 2.26. The topological polar surface area (TPSA) is 88.0 Å². The molecule has 1 amide bonds. The number of hydrogen-bond donors (Lipinski definition) is 2. The number of carbonyl (C=O) groups excluding carboxylic acids is 1. The molecule has 0 saturated carbocycles. The van der Waals surface area contributed by atoms with Gasteiger partial charge >= 0.3 is 5.97 Å². The lowest BCUT2D eigenvalue weighted by Gasteiger charge is -2.02. The molecule has 1 atom stereocenters. The SMILES string of the molecule is CCOc1ccc(N=C2NC(=O)[C@@H](CC(=O)O)S2)cc1. The molecule has 1 heterocycles. The fourth-order valence-electron chi connectivity index (χ4n) is 1.65. The Morgan fingerprint density at radius 3 is 2.75 bits per heavy atom. The van der Waals surface area contributed by atoms with Gasteiger partial charge in [0.1, 0.15) is 11.0 Å². The Morgan fingerprint density at radius 2 is 2.15 bits per heavy atom. The Hall–Kier alpha value is -2.02. The van der Waals surface area contributed by atoms with Crippen molar-refractivity contribution in [3.8, 4) is 5.75 Å². The van der Waals surface area contributed by atoms with Crippen molar-refractivity contribution in [1.82, 2.24) is 5.32 Å². The third-order valence-electron chi connectivity index (χ3n) is 2.51. The van der Waals surface area contributed by atoms with Gasteiger partial charge in [-0.1, -0.05) is 11.8 Å². The molecule has 106 valence electrons. The van der Waals surface area contributed by atoms with E-state index in [1.807, 2.05) is 6.92 Å². The van der Waals surface area contributed by atoms with Crippen LogP contribution in [0.5, 0.6) is 5.75 Å². The zero-order valence-electron chi connectivity index (χ0n) is 10.8. The number of ether oxygens (including phenoxy) is 1. The lowest BCUT2D eigenvalue weighted by molar-refractivity contribution is -0.138. The predicted molar refractivity (Wildman–Crippen MR) is 76.5 cm³/mol. The van der Waals surface area contributed by atoms with E-state index < -0.39 is 11.2 Å². The molecular formula is C13H14N2O4S. The van der Waals surface area contributed by atoms with Crippen LogP contribution in [0, 0.1) is 0 Å². The number of carboxylic acids is 1. The zero-order chi connectivity index (χ0) is 14.5. The lowest BCUT2D eigenvalue weighted by Crippen LogP contribution is -2.26. The number of amidine groups is 1. The smallest absolute Gasteiger partial charge is 0.305 e. The van der Waals surface area contributed by atoms with Crippen LogP contribution in [0.15, 0.2) is 29.3 Å². The zero-order valence-corrected chi connectivity index (χ0v) is 11.6. The average Bonchev–Trinajstić information content (AvgIpc) is 2.72. The van der Waals surface area contributed by atoms with Gasteiger partial charge in [-0.25, -0.2) is 4.99 Å². The molecule has 7 heteroatoms. The molecular weight excluding hydrogens is 280 g/mol. The molecule has 1 aromatic rings. The van der Waals surface area contributed by atoms with Crippen LogP contribution in [0.1, 0.15) is 13.3 Å². The van der Waals surface area contributed by atoms with Crippen molar-refractivity contribution in [1.29, 1.82) is 0 Å². The Morgan fingerprint density at radius 1 is 1.45 bits per heavy atom. The summed E-state index contributed by atoms with van der Waals surface area (Å²) in [5, 5.41) is 11.1. The Labute approximate surface area is 120 Å². The summed E-state index contributed by atoms with van der Waals surface area (Å²) < 4.78 is 5.32. The minimum atomic E-state index is -1.00. The molecule has 20 heavy (non-hydrogen) atoms. The van der Waals surface area contributed by atoms with E-state index in [-0.39, 0.29) is 12.3 Å². The van der Waals surface area contributed by atoms with Crippen LogP contribution in [-0.2, 0) is 9.59 Å². The first-order chi connectivity index (χ1) is 9.58. The van der Waals surface area contributed by atoms with Gasteiger partial charge in [-0.2, -0.15) is 0 Å². The molecule has 0 bridgehead atoms. The van der Waals surface area contributed by atoms with Gasteiger partial charge in [0.05, 0.1) is 18.7 Å². The summed E-state index contributed by atoms with van der Waals surface area (Å²) in [6.07, 6.45) is -0.210. The normalized spacial score (nSPS) is 19.9. The number of thioether (sulfide) groups is 1. The van der Waals surface area contributed by atoms with E-state index in [2.05, 4.69) is 10.3 Å². The van der Waals surface area contributed by atoms with Crippen molar-refractivity contribution in [2.45, 2.75) is 18.6 Å². The van der Waals surface area contributed by atoms with Gasteiger partial charge < -0.3 is 15.2 Å². The van der Waals surface area contributed by atoms with Gasteiger partial charge in [0, 0.05) is 0 Å². The molecule has 1 fully saturated rings. The third kappa shape index (κ3) is 3.74. The second kappa shape index (κ2) is 6.42. The summed E-state index contributed by atoms with van der Waals surface area (Å²) >= 11 is 1.13. The highest BCUT2D eigenvalue weighted by atomic mass is 32.2. The van der Waals surface area contributed by atoms with Gasteiger partial charge in [-0.15, -0.1) is 0 Å². The molecule has 0 aromatic heterocycles. The first-order valence-electron chi connectivity index (χ1n) is 6.09. The van der Waals surface area contributed by atoms with Crippen LogP contribution in [-0.4, -0.2) is 34.0 Å². The van der Waals surface area contributed by atoms with Crippen LogP contribution in [0.4, 0.5) is 5.69 Å². The number of carbonyl (C=O) groups is 2. The molecule has 1 saturated heterocycles. The number of nitrogens with zero attached hydrogens (tertiary/aromatic N) is 1. The summed E-state index contributed by atoms with van der Waals surface area (Å²) in [4.78, 5) is 26.4. The van der Waals surface area contributed by atoms with Gasteiger partial charge in [0.25, 0.3) is 0 Å². The van der Waals surface area contributed by atoms with Crippen LogP contribution >= 0.6 is 11.8 Å². The van der Waals surface area contributed by atoms with Crippen molar-refractivity contribution in [3.05, 3.63) is 24.3 Å². The van der Waals surface area contributed by atoms with E-state index in [1.165, 1.54) is 0 Å². The number of amides is 1. The van der Waals surface area contributed by atoms with Crippen molar-refractivity contribution < 1.29 is 19.4 Å². The van der Waals surface area contributed by atoms with Crippen LogP contribution < -0.4 is 10.1 Å². The van der Waals surface area contributed by atoms with Crippen molar-refractivity contribution in [3.63, 3.8) is 0 Å². The molecule has 1 aliphatic rings. The number of carboxylic acid groups (broad SMARTS) is 1. The Balaban J connectivity index is 2.04. The van der Waals surface area contributed by atoms with Crippen molar-refractivity contribution in [2.24, 2.45) is 4.99 Å². The number of nitrogens with one attached hydrogen (secondary N) is 1.